The van der Waals surface area contributed by atoms with E-state index in [1.807, 2.05) is 0 Å². The number of carbonyl (C=O) groups excluding carboxylic acids is 1. The molecule has 9 heteroatoms. The van der Waals surface area contributed by atoms with E-state index >= 15 is 0 Å². The number of methoxy groups -OCH3 is 1. The SMILES string of the molecule is COC(=O)c1cnc2c(c1)c(N1C[C@@H](F)C[C@@H]1c1cc(F)ccc1F)nn2C. The molecule has 28 heavy (non-hydrogen) atoms. The van der Waals surface area contributed by atoms with E-state index < -0.39 is 29.8 Å². The molecule has 2 aromatic heterocycles. The first kappa shape index (κ1) is 18.3. The smallest absolute Gasteiger partial charge is 0.339 e. The number of aryl methyl sites for hydroxylation is 1. The number of aromatic nitrogens is 3. The molecule has 146 valence electrons. The highest BCUT2D eigenvalue weighted by Gasteiger charge is 2.37. The number of ether oxygens (including phenoxy) is 1. The molecule has 1 aliphatic rings. The molecule has 3 heterocycles. The van der Waals surface area contributed by atoms with Gasteiger partial charge >= 0.3 is 5.97 Å². The van der Waals surface area contributed by atoms with E-state index in [0.29, 0.717) is 16.9 Å². The normalized spacial score (nSPS) is 19.4. The second-order valence-corrected chi connectivity index (χ2v) is 6.70. The summed E-state index contributed by atoms with van der Waals surface area (Å²) in [7, 11) is 2.92. The van der Waals surface area contributed by atoms with Crippen LogP contribution in [0.25, 0.3) is 11.0 Å². The Bertz CT molecular complexity index is 1070. The van der Waals surface area contributed by atoms with Crippen molar-refractivity contribution in [1.82, 2.24) is 14.8 Å². The van der Waals surface area contributed by atoms with Gasteiger partial charge in [0.15, 0.2) is 11.5 Å². The van der Waals surface area contributed by atoms with E-state index in [1.54, 1.807) is 18.0 Å². The minimum atomic E-state index is -1.23. The minimum Gasteiger partial charge on any atom is -0.465 e. The lowest BCUT2D eigenvalue weighted by Gasteiger charge is -2.25. The summed E-state index contributed by atoms with van der Waals surface area (Å²) in [5.41, 5.74) is 0.758. The van der Waals surface area contributed by atoms with Gasteiger partial charge in [0, 0.05) is 25.2 Å². The fourth-order valence-electron chi connectivity index (χ4n) is 3.65. The predicted molar refractivity (Wildman–Crippen MR) is 95.8 cm³/mol. The van der Waals surface area contributed by atoms with Gasteiger partial charge < -0.3 is 9.64 Å². The highest BCUT2D eigenvalue weighted by atomic mass is 19.1. The molecule has 0 saturated carbocycles. The number of carbonyl (C=O) groups is 1. The molecule has 0 aliphatic carbocycles. The fraction of sp³-hybridized carbons (Fsp3) is 0.316. The molecule has 1 fully saturated rings. The summed E-state index contributed by atoms with van der Waals surface area (Å²) in [4.78, 5) is 17.7. The number of hydrogen-bond donors (Lipinski definition) is 0. The van der Waals surface area contributed by atoms with Gasteiger partial charge in [-0.25, -0.2) is 27.6 Å². The van der Waals surface area contributed by atoms with Crippen molar-refractivity contribution in [1.29, 1.82) is 0 Å². The summed E-state index contributed by atoms with van der Waals surface area (Å²) in [5, 5.41) is 4.91. The van der Waals surface area contributed by atoms with Gasteiger partial charge in [0.25, 0.3) is 0 Å². The molecular weight excluding hydrogens is 373 g/mol. The van der Waals surface area contributed by atoms with Gasteiger partial charge in [-0.15, -0.1) is 0 Å². The van der Waals surface area contributed by atoms with Crippen LogP contribution in [0.1, 0.15) is 28.4 Å². The summed E-state index contributed by atoms with van der Waals surface area (Å²) in [5.74, 6) is -1.43. The Morgan fingerprint density at radius 1 is 1.29 bits per heavy atom. The second-order valence-electron chi connectivity index (χ2n) is 6.70. The maximum atomic E-state index is 14.4. The predicted octanol–water partition coefficient (Wildman–Crippen LogP) is 3.32. The number of anilines is 1. The summed E-state index contributed by atoms with van der Waals surface area (Å²) >= 11 is 0. The summed E-state index contributed by atoms with van der Waals surface area (Å²) < 4.78 is 48.6. The van der Waals surface area contributed by atoms with Crippen LogP contribution in [0, 0.1) is 11.6 Å². The number of benzene rings is 1. The zero-order valence-corrected chi connectivity index (χ0v) is 15.2. The molecule has 0 radical (unpaired) electrons. The van der Waals surface area contributed by atoms with Gasteiger partial charge in [0.05, 0.1) is 30.6 Å². The molecule has 1 aliphatic heterocycles. The Balaban J connectivity index is 1.85. The van der Waals surface area contributed by atoms with E-state index in [-0.39, 0.29) is 24.1 Å². The van der Waals surface area contributed by atoms with Crippen molar-refractivity contribution in [2.45, 2.75) is 18.6 Å². The van der Waals surface area contributed by atoms with Gasteiger partial charge in [-0.2, -0.15) is 5.10 Å². The van der Waals surface area contributed by atoms with E-state index in [9.17, 15) is 18.0 Å². The largest absolute Gasteiger partial charge is 0.465 e. The molecule has 1 saturated heterocycles. The number of fused-ring (bicyclic) bond motifs is 1. The molecular formula is C19H17F3N4O2. The third-order valence-electron chi connectivity index (χ3n) is 4.92. The lowest BCUT2D eigenvalue weighted by atomic mass is 10.0. The second kappa shape index (κ2) is 6.81. The maximum absolute atomic E-state index is 14.4. The van der Waals surface area contributed by atoms with E-state index in [1.165, 1.54) is 18.0 Å². The van der Waals surface area contributed by atoms with Crippen LogP contribution in [0.15, 0.2) is 30.5 Å². The Kier molecular flexibility index (Phi) is 4.44. The molecule has 2 atom stereocenters. The molecule has 0 unspecified atom stereocenters. The summed E-state index contributed by atoms with van der Waals surface area (Å²) in [6.45, 7) is -0.0326. The van der Waals surface area contributed by atoms with Crippen molar-refractivity contribution < 1.29 is 22.7 Å². The minimum absolute atomic E-state index is 0.00254. The Morgan fingerprint density at radius 3 is 2.82 bits per heavy atom. The van der Waals surface area contributed by atoms with E-state index in [4.69, 9.17) is 4.74 Å². The van der Waals surface area contributed by atoms with Crippen molar-refractivity contribution in [3.63, 3.8) is 0 Å². The molecule has 3 aromatic rings. The Labute approximate surface area is 158 Å². The molecule has 6 nitrogen and oxygen atoms in total. The van der Waals surface area contributed by atoms with Crippen molar-refractivity contribution in [3.8, 4) is 0 Å². The highest BCUT2D eigenvalue weighted by Crippen LogP contribution is 2.40. The van der Waals surface area contributed by atoms with Crippen LogP contribution in [-0.2, 0) is 11.8 Å². The number of rotatable bonds is 3. The first-order chi connectivity index (χ1) is 13.4. The topological polar surface area (TPSA) is 60.2 Å². The first-order valence-corrected chi connectivity index (χ1v) is 8.65. The van der Waals surface area contributed by atoms with Crippen LogP contribution >= 0.6 is 0 Å². The van der Waals surface area contributed by atoms with E-state index in [0.717, 1.165) is 18.2 Å². The maximum Gasteiger partial charge on any atom is 0.339 e. The monoisotopic (exact) mass is 390 g/mol. The number of alkyl halides is 1. The van der Waals surface area contributed by atoms with Crippen LogP contribution in [0.2, 0.25) is 0 Å². The van der Waals surface area contributed by atoms with Crippen LogP contribution in [0.3, 0.4) is 0 Å². The number of halogens is 3. The Hall–Kier alpha value is -3.10. The van der Waals surface area contributed by atoms with Crippen LogP contribution in [-0.4, -0.2) is 40.6 Å². The van der Waals surface area contributed by atoms with Gasteiger partial charge in [-0.1, -0.05) is 0 Å². The van der Waals surface area contributed by atoms with Gasteiger partial charge in [0.1, 0.15) is 17.8 Å². The van der Waals surface area contributed by atoms with Crippen molar-refractivity contribution in [3.05, 3.63) is 53.2 Å². The third-order valence-corrected chi connectivity index (χ3v) is 4.92. The average molecular weight is 390 g/mol. The van der Waals surface area contributed by atoms with Crippen LogP contribution in [0.5, 0.6) is 0 Å². The zero-order valence-electron chi connectivity index (χ0n) is 15.2. The fourth-order valence-corrected chi connectivity index (χ4v) is 3.65. The van der Waals surface area contributed by atoms with Gasteiger partial charge in [-0.3, -0.25) is 0 Å². The van der Waals surface area contributed by atoms with Crippen molar-refractivity contribution in [2.75, 3.05) is 18.6 Å². The zero-order chi connectivity index (χ0) is 20.0. The standard InChI is InChI=1S/C19H17F3N4O2/c1-25-17-14(5-10(8-23-17)19(27)28-2)18(24-25)26-9-12(21)7-16(26)13-6-11(20)3-4-15(13)22/h3-6,8,12,16H,7,9H2,1-2H3/t12-,16+/m0/s1. The quantitative estimate of drug-likeness (QED) is 0.642. The molecule has 1 aromatic carbocycles. The highest BCUT2D eigenvalue weighted by molar-refractivity contribution is 5.96. The van der Waals surface area contributed by atoms with Crippen LogP contribution in [0.4, 0.5) is 19.0 Å². The molecule has 0 N–H and O–H groups in total. The number of esters is 1. The number of hydrogen-bond acceptors (Lipinski definition) is 5. The number of pyridine rings is 1. The molecule has 4 rings (SSSR count). The third kappa shape index (κ3) is 2.96. The lowest BCUT2D eigenvalue weighted by Crippen LogP contribution is -2.25. The van der Waals surface area contributed by atoms with Crippen molar-refractivity contribution in [2.24, 2.45) is 7.05 Å². The van der Waals surface area contributed by atoms with E-state index in [2.05, 4.69) is 10.1 Å². The number of nitrogens with zero attached hydrogens (tertiary/aromatic N) is 4. The van der Waals surface area contributed by atoms with Crippen molar-refractivity contribution >= 4 is 22.8 Å². The van der Waals surface area contributed by atoms with Crippen LogP contribution < -0.4 is 4.90 Å². The Morgan fingerprint density at radius 2 is 2.07 bits per heavy atom. The summed E-state index contributed by atoms with van der Waals surface area (Å²) in [6, 6.07) is 3.95. The average Bonchev–Trinajstić information content (AvgIpc) is 3.22. The summed E-state index contributed by atoms with van der Waals surface area (Å²) in [6.07, 6.45) is 0.134. The first-order valence-electron chi connectivity index (χ1n) is 8.65. The lowest BCUT2D eigenvalue weighted by molar-refractivity contribution is 0.0600. The van der Waals surface area contributed by atoms with Gasteiger partial charge in [0.2, 0.25) is 0 Å². The molecule has 0 bridgehead atoms. The molecule has 0 spiro atoms. The molecule has 0 amide bonds. The van der Waals surface area contributed by atoms with Gasteiger partial charge in [-0.05, 0) is 24.3 Å².